The number of hydrogen-bond acceptors (Lipinski definition) is 3. The second kappa shape index (κ2) is 4.21. The van der Waals surface area contributed by atoms with Crippen molar-refractivity contribution in [3.63, 3.8) is 0 Å². The number of hydrogen-bond donors (Lipinski definition) is 1. The van der Waals surface area contributed by atoms with E-state index in [0.717, 1.165) is 28.8 Å². The molecule has 1 aromatic heterocycles. The molecule has 0 fully saturated rings. The summed E-state index contributed by atoms with van der Waals surface area (Å²) >= 11 is 4.09. The number of fused-ring (bicyclic) bond motifs is 1. The lowest BCUT2D eigenvalue weighted by atomic mass is 10.2. The molecule has 0 bridgehead atoms. The van der Waals surface area contributed by atoms with E-state index in [9.17, 15) is 0 Å². The van der Waals surface area contributed by atoms with Crippen LogP contribution < -0.4 is 0 Å². The summed E-state index contributed by atoms with van der Waals surface area (Å²) in [4.78, 5) is 4.06. The van der Waals surface area contributed by atoms with Crippen LogP contribution in [0.15, 0.2) is 29.0 Å². The minimum Gasteiger partial charge on any atom is -0.443 e. The highest BCUT2D eigenvalue weighted by Gasteiger charge is 1.97. The molecule has 0 unspecified atom stereocenters. The molecule has 0 saturated heterocycles. The first kappa shape index (κ1) is 9.17. The number of benzene rings is 1. The minimum atomic E-state index is 0.791. The zero-order chi connectivity index (χ0) is 9.80. The molecule has 1 aromatic carbocycles. The third kappa shape index (κ3) is 1.91. The molecule has 2 aromatic rings. The van der Waals surface area contributed by atoms with E-state index in [-0.39, 0.29) is 0 Å². The van der Waals surface area contributed by atoms with Gasteiger partial charge in [-0.05, 0) is 18.2 Å². The summed E-state index contributed by atoms with van der Waals surface area (Å²) in [5, 5.41) is 0. The van der Waals surface area contributed by atoms with Crippen LogP contribution in [0.3, 0.4) is 0 Å². The Kier molecular flexibility index (Phi) is 2.76. The molecule has 0 spiro atoms. The number of rotatable bonds is 1. The Morgan fingerprint density at radius 1 is 1.43 bits per heavy atom. The largest absolute Gasteiger partial charge is 0.443 e. The lowest BCUT2D eigenvalue weighted by Crippen LogP contribution is -1.75. The van der Waals surface area contributed by atoms with Gasteiger partial charge in [-0.25, -0.2) is 4.98 Å². The Bertz CT molecular complexity index is 492. The van der Waals surface area contributed by atoms with Gasteiger partial charge in [-0.1, -0.05) is 11.8 Å². The van der Waals surface area contributed by atoms with Crippen LogP contribution in [0.25, 0.3) is 11.1 Å². The topological polar surface area (TPSA) is 26.0 Å². The van der Waals surface area contributed by atoms with Gasteiger partial charge in [0.1, 0.15) is 5.52 Å². The third-order valence-electron chi connectivity index (χ3n) is 1.80. The molecule has 2 nitrogen and oxygen atoms in total. The number of thiol groups is 1. The first-order valence-electron chi connectivity index (χ1n) is 4.33. The summed E-state index contributed by atoms with van der Waals surface area (Å²) in [6.07, 6.45) is 2.25. The van der Waals surface area contributed by atoms with Crippen LogP contribution in [-0.2, 0) is 0 Å². The second-order valence-electron chi connectivity index (χ2n) is 2.81. The average Bonchev–Trinajstić information content (AvgIpc) is 2.65. The molecule has 0 aliphatic carbocycles. The first-order valence-corrected chi connectivity index (χ1v) is 4.96. The van der Waals surface area contributed by atoms with Crippen molar-refractivity contribution in [2.75, 3.05) is 5.75 Å². The van der Waals surface area contributed by atoms with Crippen molar-refractivity contribution in [2.45, 2.75) is 6.42 Å². The summed E-state index contributed by atoms with van der Waals surface area (Å²) in [7, 11) is 0. The van der Waals surface area contributed by atoms with Crippen LogP contribution in [0.4, 0.5) is 0 Å². The van der Waals surface area contributed by atoms with Gasteiger partial charge in [-0.3, -0.25) is 0 Å². The van der Waals surface area contributed by atoms with Crippen LogP contribution in [0.5, 0.6) is 0 Å². The zero-order valence-electron chi connectivity index (χ0n) is 7.53. The summed E-state index contributed by atoms with van der Waals surface area (Å²) in [5.41, 5.74) is 2.61. The smallest absolute Gasteiger partial charge is 0.181 e. The molecule has 70 valence electrons. The van der Waals surface area contributed by atoms with Crippen LogP contribution >= 0.6 is 12.6 Å². The lowest BCUT2D eigenvalue weighted by Gasteiger charge is -1.88. The van der Waals surface area contributed by atoms with Gasteiger partial charge in [0.2, 0.25) is 0 Å². The van der Waals surface area contributed by atoms with Crippen LogP contribution in [0, 0.1) is 11.8 Å². The normalized spacial score (nSPS) is 9.79. The molecule has 14 heavy (non-hydrogen) atoms. The molecule has 0 amide bonds. The van der Waals surface area contributed by atoms with Gasteiger partial charge >= 0.3 is 0 Å². The maximum absolute atomic E-state index is 5.13. The molecule has 0 saturated carbocycles. The van der Waals surface area contributed by atoms with Gasteiger partial charge in [-0.2, -0.15) is 12.6 Å². The van der Waals surface area contributed by atoms with Gasteiger partial charge in [0.15, 0.2) is 12.0 Å². The molecule has 0 aliphatic heterocycles. The Morgan fingerprint density at radius 2 is 2.36 bits per heavy atom. The van der Waals surface area contributed by atoms with Crippen molar-refractivity contribution in [2.24, 2.45) is 0 Å². The first-order chi connectivity index (χ1) is 6.90. The Morgan fingerprint density at radius 3 is 3.21 bits per heavy atom. The van der Waals surface area contributed by atoms with Gasteiger partial charge in [0.25, 0.3) is 0 Å². The molecule has 0 N–H and O–H groups in total. The SMILES string of the molecule is SCCC#Cc1ccc2ocnc2c1. The Labute approximate surface area is 87.7 Å². The van der Waals surface area contributed by atoms with E-state index >= 15 is 0 Å². The number of oxazole rings is 1. The average molecular weight is 203 g/mol. The molecule has 0 aliphatic rings. The van der Waals surface area contributed by atoms with E-state index < -0.39 is 0 Å². The van der Waals surface area contributed by atoms with Crippen LogP contribution in [0.2, 0.25) is 0 Å². The van der Waals surface area contributed by atoms with Gasteiger partial charge in [0, 0.05) is 17.7 Å². The third-order valence-corrected chi connectivity index (χ3v) is 2.02. The van der Waals surface area contributed by atoms with Gasteiger partial charge in [-0.15, -0.1) is 0 Å². The van der Waals surface area contributed by atoms with Crippen molar-refractivity contribution in [1.29, 1.82) is 0 Å². The molecule has 1 heterocycles. The number of nitrogens with zero attached hydrogens (tertiary/aromatic N) is 1. The Hall–Kier alpha value is -1.40. The standard InChI is InChI=1S/C11H9NOS/c14-6-2-1-3-9-4-5-11-10(7-9)12-8-13-11/h4-5,7-8,14H,2,6H2. The fourth-order valence-electron chi connectivity index (χ4n) is 1.16. The molecule has 0 radical (unpaired) electrons. The molecule has 0 atom stereocenters. The van der Waals surface area contributed by atoms with E-state index in [2.05, 4.69) is 29.5 Å². The van der Waals surface area contributed by atoms with Crippen molar-refractivity contribution in [3.8, 4) is 11.8 Å². The van der Waals surface area contributed by atoms with Crippen molar-refractivity contribution >= 4 is 23.7 Å². The lowest BCUT2D eigenvalue weighted by molar-refractivity contribution is 0.602. The summed E-state index contributed by atoms with van der Waals surface area (Å²) in [6.45, 7) is 0. The number of aromatic nitrogens is 1. The van der Waals surface area contributed by atoms with Crippen LogP contribution in [-0.4, -0.2) is 10.7 Å². The summed E-state index contributed by atoms with van der Waals surface area (Å²) in [5.74, 6) is 6.86. The predicted octanol–water partition coefficient (Wildman–Crippen LogP) is 2.50. The van der Waals surface area contributed by atoms with Crippen molar-refractivity contribution < 1.29 is 4.42 Å². The molecular weight excluding hydrogens is 194 g/mol. The fraction of sp³-hybridized carbons (Fsp3) is 0.182. The summed E-state index contributed by atoms with van der Waals surface area (Å²) < 4.78 is 5.13. The maximum Gasteiger partial charge on any atom is 0.181 e. The monoisotopic (exact) mass is 203 g/mol. The van der Waals surface area contributed by atoms with E-state index in [1.54, 1.807) is 0 Å². The molecular formula is C11H9NOS. The Balaban J connectivity index is 2.31. The van der Waals surface area contributed by atoms with Crippen molar-refractivity contribution in [1.82, 2.24) is 4.98 Å². The minimum absolute atomic E-state index is 0.791. The van der Waals surface area contributed by atoms with E-state index in [1.807, 2.05) is 18.2 Å². The van der Waals surface area contributed by atoms with Gasteiger partial charge < -0.3 is 4.42 Å². The van der Waals surface area contributed by atoms with Gasteiger partial charge in [0.05, 0.1) is 0 Å². The maximum atomic E-state index is 5.13. The quantitative estimate of drug-likeness (QED) is 0.569. The zero-order valence-corrected chi connectivity index (χ0v) is 8.42. The van der Waals surface area contributed by atoms with E-state index in [4.69, 9.17) is 4.42 Å². The van der Waals surface area contributed by atoms with Crippen molar-refractivity contribution in [3.05, 3.63) is 30.2 Å². The summed E-state index contributed by atoms with van der Waals surface area (Å²) in [6, 6.07) is 5.73. The molecule has 3 heteroatoms. The van der Waals surface area contributed by atoms with Crippen LogP contribution in [0.1, 0.15) is 12.0 Å². The second-order valence-corrected chi connectivity index (χ2v) is 3.26. The van der Waals surface area contributed by atoms with E-state index in [1.165, 1.54) is 6.39 Å². The highest BCUT2D eigenvalue weighted by atomic mass is 32.1. The predicted molar refractivity (Wildman–Crippen MR) is 59.4 cm³/mol. The highest BCUT2D eigenvalue weighted by Crippen LogP contribution is 2.13. The van der Waals surface area contributed by atoms with E-state index in [0.29, 0.717) is 0 Å². The molecule has 2 rings (SSSR count). The fourth-order valence-corrected chi connectivity index (χ4v) is 1.27. The highest BCUT2D eigenvalue weighted by molar-refractivity contribution is 7.80.